The van der Waals surface area contributed by atoms with E-state index in [9.17, 15) is 9.59 Å². The summed E-state index contributed by atoms with van der Waals surface area (Å²) in [7, 11) is 0. The smallest absolute Gasteiger partial charge is 0.315 e. The number of ether oxygens (including phenoxy) is 1. The molecule has 0 aromatic carbocycles. The van der Waals surface area contributed by atoms with Crippen molar-refractivity contribution in [2.75, 3.05) is 19.8 Å². The van der Waals surface area contributed by atoms with Crippen LogP contribution < -0.4 is 10.6 Å². The zero-order valence-corrected chi connectivity index (χ0v) is 13.6. The Morgan fingerprint density at radius 3 is 2.38 bits per heavy atom. The number of hydrogen-bond donors (Lipinski definition) is 3. The summed E-state index contributed by atoms with van der Waals surface area (Å²) in [5.41, 5.74) is 0. The van der Waals surface area contributed by atoms with Gasteiger partial charge in [-0.15, -0.1) is 0 Å². The molecule has 0 heterocycles. The van der Waals surface area contributed by atoms with Gasteiger partial charge in [0.15, 0.2) is 0 Å². The molecule has 0 aromatic heterocycles. The molecule has 124 valence electrons. The van der Waals surface area contributed by atoms with Crippen molar-refractivity contribution >= 4 is 12.0 Å². The fourth-order valence-corrected chi connectivity index (χ4v) is 1.81. The van der Waals surface area contributed by atoms with Gasteiger partial charge < -0.3 is 20.5 Å². The fourth-order valence-electron chi connectivity index (χ4n) is 1.81. The zero-order chi connectivity index (χ0) is 16.3. The van der Waals surface area contributed by atoms with E-state index in [0.29, 0.717) is 32.1 Å². The lowest BCUT2D eigenvalue weighted by atomic mass is 10.0. The van der Waals surface area contributed by atoms with Crippen molar-refractivity contribution in [3.05, 3.63) is 0 Å². The van der Waals surface area contributed by atoms with E-state index in [0.717, 1.165) is 6.42 Å². The average Bonchev–Trinajstić information content (AvgIpc) is 2.40. The van der Waals surface area contributed by atoms with Gasteiger partial charge in [0.25, 0.3) is 0 Å². The molecule has 0 bridgehead atoms. The molecule has 0 rings (SSSR count). The van der Waals surface area contributed by atoms with Crippen LogP contribution in [0.3, 0.4) is 0 Å². The van der Waals surface area contributed by atoms with E-state index in [1.54, 1.807) is 0 Å². The first-order chi connectivity index (χ1) is 9.86. The van der Waals surface area contributed by atoms with Gasteiger partial charge in [-0.1, -0.05) is 20.8 Å². The van der Waals surface area contributed by atoms with Gasteiger partial charge in [-0.05, 0) is 31.6 Å². The standard InChI is InChI=1S/C15H30N2O4/c1-5-21-10-13(11(2)3)17-15(20)16-9-8-12(4)6-7-14(18)19/h11-13H,5-10H2,1-4H3,(H,18,19)(H2,16,17,20). The SMILES string of the molecule is CCOCC(NC(=O)NCCC(C)CCC(=O)O)C(C)C. The van der Waals surface area contributed by atoms with Crippen LogP contribution in [0.5, 0.6) is 0 Å². The molecule has 0 aromatic rings. The highest BCUT2D eigenvalue weighted by Crippen LogP contribution is 2.09. The number of amides is 2. The van der Waals surface area contributed by atoms with Crippen LogP contribution in [0.2, 0.25) is 0 Å². The van der Waals surface area contributed by atoms with Crippen LogP contribution >= 0.6 is 0 Å². The zero-order valence-electron chi connectivity index (χ0n) is 13.6. The third-order valence-corrected chi connectivity index (χ3v) is 3.40. The Hall–Kier alpha value is -1.30. The second-order valence-electron chi connectivity index (χ2n) is 5.74. The number of urea groups is 1. The van der Waals surface area contributed by atoms with E-state index < -0.39 is 5.97 Å². The van der Waals surface area contributed by atoms with Gasteiger partial charge >= 0.3 is 12.0 Å². The molecule has 0 saturated heterocycles. The Labute approximate surface area is 127 Å². The van der Waals surface area contributed by atoms with E-state index in [-0.39, 0.29) is 24.4 Å². The summed E-state index contributed by atoms with van der Waals surface area (Å²) in [4.78, 5) is 22.3. The maximum atomic E-state index is 11.8. The summed E-state index contributed by atoms with van der Waals surface area (Å²) >= 11 is 0. The van der Waals surface area contributed by atoms with Gasteiger partial charge in [0.2, 0.25) is 0 Å². The minimum absolute atomic E-state index is 0.00520. The van der Waals surface area contributed by atoms with Crippen molar-refractivity contribution in [2.45, 2.75) is 53.0 Å². The van der Waals surface area contributed by atoms with E-state index in [2.05, 4.69) is 10.6 Å². The lowest BCUT2D eigenvalue weighted by Crippen LogP contribution is -2.47. The van der Waals surface area contributed by atoms with Crippen LogP contribution in [0.15, 0.2) is 0 Å². The first-order valence-electron chi connectivity index (χ1n) is 7.70. The summed E-state index contributed by atoms with van der Waals surface area (Å²) in [6.45, 7) is 9.69. The minimum Gasteiger partial charge on any atom is -0.481 e. The van der Waals surface area contributed by atoms with Crippen LogP contribution in [0.4, 0.5) is 4.79 Å². The molecule has 0 aliphatic heterocycles. The van der Waals surface area contributed by atoms with Crippen molar-refractivity contribution in [1.82, 2.24) is 10.6 Å². The molecule has 2 atom stereocenters. The second-order valence-corrected chi connectivity index (χ2v) is 5.74. The van der Waals surface area contributed by atoms with Crippen molar-refractivity contribution in [3.63, 3.8) is 0 Å². The predicted molar refractivity (Wildman–Crippen MR) is 82.3 cm³/mol. The number of hydrogen-bond acceptors (Lipinski definition) is 3. The molecule has 2 amide bonds. The molecule has 0 aliphatic carbocycles. The van der Waals surface area contributed by atoms with Crippen molar-refractivity contribution in [3.8, 4) is 0 Å². The minimum atomic E-state index is -0.775. The van der Waals surface area contributed by atoms with Gasteiger partial charge in [-0.25, -0.2) is 4.79 Å². The van der Waals surface area contributed by atoms with Crippen molar-refractivity contribution < 1.29 is 19.4 Å². The third-order valence-electron chi connectivity index (χ3n) is 3.40. The Bertz CT molecular complexity index is 308. The molecular formula is C15H30N2O4. The number of carboxylic acids is 1. The maximum Gasteiger partial charge on any atom is 0.315 e. The average molecular weight is 302 g/mol. The van der Waals surface area contributed by atoms with Gasteiger partial charge in [-0.2, -0.15) is 0 Å². The highest BCUT2D eigenvalue weighted by atomic mass is 16.5. The predicted octanol–water partition coefficient (Wildman–Crippen LogP) is 2.24. The Kier molecular flexibility index (Phi) is 10.7. The Balaban J connectivity index is 3.88. The summed E-state index contributed by atoms with van der Waals surface area (Å²) in [6, 6.07) is -0.201. The van der Waals surface area contributed by atoms with Gasteiger partial charge in [0.1, 0.15) is 0 Å². The topological polar surface area (TPSA) is 87.7 Å². The highest BCUT2D eigenvalue weighted by Gasteiger charge is 2.16. The summed E-state index contributed by atoms with van der Waals surface area (Å²) in [5.74, 6) is -0.189. The van der Waals surface area contributed by atoms with Crippen LogP contribution in [-0.2, 0) is 9.53 Å². The molecule has 3 N–H and O–H groups in total. The number of carboxylic acid groups (broad SMARTS) is 1. The number of carbonyl (C=O) groups excluding carboxylic acids is 1. The molecule has 6 nitrogen and oxygen atoms in total. The number of rotatable bonds is 11. The lowest BCUT2D eigenvalue weighted by molar-refractivity contribution is -0.137. The van der Waals surface area contributed by atoms with E-state index in [4.69, 9.17) is 9.84 Å². The Morgan fingerprint density at radius 2 is 1.86 bits per heavy atom. The quantitative estimate of drug-likeness (QED) is 0.546. The van der Waals surface area contributed by atoms with Crippen molar-refractivity contribution in [1.29, 1.82) is 0 Å². The molecule has 21 heavy (non-hydrogen) atoms. The Morgan fingerprint density at radius 1 is 1.19 bits per heavy atom. The van der Waals surface area contributed by atoms with E-state index in [1.807, 2.05) is 27.7 Å². The van der Waals surface area contributed by atoms with Gasteiger partial charge in [-0.3, -0.25) is 4.79 Å². The van der Waals surface area contributed by atoms with Crippen LogP contribution in [-0.4, -0.2) is 42.9 Å². The van der Waals surface area contributed by atoms with Crippen LogP contribution in [0, 0.1) is 11.8 Å². The molecule has 0 aliphatic rings. The van der Waals surface area contributed by atoms with Gasteiger partial charge in [0.05, 0.1) is 12.6 Å². The molecule has 0 fully saturated rings. The third kappa shape index (κ3) is 11.1. The fraction of sp³-hybridized carbons (Fsp3) is 0.867. The second kappa shape index (κ2) is 11.4. The van der Waals surface area contributed by atoms with Crippen molar-refractivity contribution in [2.24, 2.45) is 11.8 Å². The summed E-state index contributed by atoms with van der Waals surface area (Å²) < 4.78 is 5.36. The monoisotopic (exact) mass is 302 g/mol. The lowest BCUT2D eigenvalue weighted by Gasteiger charge is -2.22. The first-order valence-corrected chi connectivity index (χ1v) is 7.70. The number of aliphatic carboxylic acids is 1. The largest absolute Gasteiger partial charge is 0.481 e. The van der Waals surface area contributed by atoms with E-state index >= 15 is 0 Å². The molecule has 6 heteroatoms. The maximum absolute atomic E-state index is 11.8. The summed E-state index contributed by atoms with van der Waals surface area (Å²) in [5, 5.41) is 14.3. The molecule has 0 radical (unpaired) electrons. The molecule has 0 spiro atoms. The first kappa shape index (κ1) is 19.7. The number of nitrogens with one attached hydrogen (secondary N) is 2. The van der Waals surface area contributed by atoms with E-state index in [1.165, 1.54) is 0 Å². The summed E-state index contributed by atoms with van der Waals surface area (Å²) in [6.07, 6.45) is 1.59. The number of carbonyl (C=O) groups is 2. The highest BCUT2D eigenvalue weighted by molar-refractivity contribution is 5.74. The normalized spacial score (nSPS) is 13.8. The van der Waals surface area contributed by atoms with Crippen LogP contribution in [0.1, 0.15) is 47.0 Å². The molecule has 0 saturated carbocycles. The molecular weight excluding hydrogens is 272 g/mol. The van der Waals surface area contributed by atoms with Gasteiger partial charge in [0, 0.05) is 19.6 Å². The molecule has 2 unspecified atom stereocenters. The van der Waals surface area contributed by atoms with Crippen LogP contribution in [0.25, 0.3) is 0 Å².